The minimum atomic E-state index is 0.568. The summed E-state index contributed by atoms with van der Waals surface area (Å²) in [6, 6.07) is 0. The van der Waals surface area contributed by atoms with Gasteiger partial charge in [0.2, 0.25) is 5.88 Å². The van der Waals surface area contributed by atoms with E-state index in [0.29, 0.717) is 10.9 Å². The van der Waals surface area contributed by atoms with Gasteiger partial charge >= 0.3 is 0 Å². The Labute approximate surface area is 78.7 Å². The van der Waals surface area contributed by atoms with Gasteiger partial charge in [0.05, 0.1) is 16.6 Å². The summed E-state index contributed by atoms with van der Waals surface area (Å²) in [5.74, 6) is 0.568. The number of methoxy groups -OCH3 is 1. The van der Waals surface area contributed by atoms with Crippen LogP contribution in [0.1, 0.15) is 5.56 Å². The van der Waals surface area contributed by atoms with Gasteiger partial charge in [-0.3, -0.25) is 0 Å². The maximum atomic E-state index is 5.89. The lowest BCUT2D eigenvalue weighted by molar-refractivity contribution is 0.394. The first-order valence-electron chi connectivity index (χ1n) is 3.01. The van der Waals surface area contributed by atoms with Crippen LogP contribution in [-0.2, 0) is 0 Å². The molecule has 0 atom stereocenters. The van der Waals surface area contributed by atoms with E-state index >= 15 is 0 Å². The van der Waals surface area contributed by atoms with Crippen molar-refractivity contribution in [1.29, 1.82) is 0 Å². The maximum absolute atomic E-state index is 5.89. The molecule has 0 radical (unpaired) electrons. The number of hydrogen-bond acceptors (Lipinski definition) is 2. The second-order valence-electron chi connectivity index (χ2n) is 2.05. The van der Waals surface area contributed by atoms with Crippen LogP contribution in [0.4, 0.5) is 0 Å². The van der Waals surface area contributed by atoms with E-state index in [9.17, 15) is 0 Å². The molecule has 0 amide bonds. The smallest absolute Gasteiger partial charge is 0.217 e. The Bertz CT molecular complexity index is 277. The molecule has 0 unspecified atom stereocenters. The summed E-state index contributed by atoms with van der Waals surface area (Å²) in [4.78, 5) is 4.00. The summed E-state index contributed by atoms with van der Waals surface area (Å²) in [5.41, 5.74) is 0.851. The van der Waals surface area contributed by atoms with E-state index in [-0.39, 0.29) is 0 Å². The van der Waals surface area contributed by atoms with E-state index < -0.39 is 0 Å². The standard InChI is InChI=1S/C7H7BrClNO/c1-4-6(9)5(8)3-10-7(4)11-2/h3H,1-2H3. The van der Waals surface area contributed by atoms with Gasteiger partial charge in [-0.15, -0.1) is 0 Å². The van der Waals surface area contributed by atoms with Crippen LogP contribution in [-0.4, -0.2) is 12.1 Å². The van der Waals surface area contributed by atoms with Crippen molar-refractivity contribution >= 4 is 27.5 Å². The van der Waals surface area contributed by atoms with Crippen LogP contribution in [0.3, 0.4) is 0 Å². The van der Waals surface area contributed by atoms with Crippen LogP contribution in [0.2, 0.25) is 5.02 Å². The third kappa shape index (κ3) is 1.65. The van der Waals surface area contributed by atoms with Crippen molar-refractivity contribution in [2.24, 2.45) is 0 Å². The highest BCUT2D eigenvalue weighted by Crippen LogP contribution is 2.29. The molecule has 2 nitrogen and oxygen atoms in total. The average Bonchev–Trinajstić information content (AvgIpc) is 2.01. The molecule has 60 valence electrons. The van der Waals surface area contributed by atoms with Crippen LogP contribution >= 0.6 is 27.5 Å². The molecule has 0 aromatic carbocycles. The lowest BCUT2D eigenvalue weighted by atomic mass is 10.3. The summed E-state index contributed by atoms with van der Waals surface area (Å²) in [5, 5.41) is 0.650. The van der Waals surface area contributed by atoms with Crippen LogP contribution in [0.5, 0.6) is 5.88 Å². The van der Waals surface area contributed by atoms with Gasteiger partial charge in [-0.1, -0.05) is 11.6 Å². The van der Waals surface area contributed by atoms with Crippen LogP contribution in [0, 0.1) is 6.92 Å². The Morgan fingerprint density at radius 1 is 1.64 bits per heavy atom. The van der Waals surface area contributed by atoms with Crippen molar-refractivity contribution < 1.29 is 4.74 Å². The number of pyridine rings is 1. The molecule has 0 fully saturated rings. The zero-order valence-corrected chi connectivity index (χ0v) is 8.53. The van der Waals surface area contributed by atoms with Gasteiger partial charge in [-0.25, -0.2) is 4.98 Å². The zero-order valence-electron chi connectivity index (χ0n) is 6.19. The molecule has 0 aliphatic carbocycles. The Kier molecular flexibility index (Phi) is 2.73. The number of hydrogen-bond donors (Lipinski definition) is 0. The Morgan fingerprint density at radius 3 is 2.82 bits per heavy atom. The third-order valence-corrected chi connectivity index (χ3v) is 2.66. The second-order valence-corrected chi connectivity index (χ2v) is 3.29. The van der Waals surface area contributed by atoms with Gasteiger partial charge in [-0.05, 0) is 22.9 Å². The summed E-state index contributed by atoms with van der Waals surface area (Å²) < 4.78 is 5.75. The number of aromatic nitrogens is 1. The van der Waals surface area contributed by atoms with Crippen LogP contribution in [0.15, 0.2) is 10.7 Å². The number of ether oxygens (including phenoxy) is 1. The van der Waals surface area contributed by atoms with Gasteiger partial charge in [-0.2, -0.15) is 0 Å². The monoisotopic (exact) mass is 235 g/mol. The molecule has 0 saturated carbocycles. The minimum Gasteiger partial charge on any atom is -0.481 e. The third-order valence-electron chi connectivity index (χ3n) is 1.35. The lowest BCUT2D eigenvalue weighted by Gasteiger charge is -2.04. The fourth-order valence-corrected chi connectivity index (χ4v) is 1.28. The number of rotatable bonds is 1. The molecule has 11 heavy (non-hydrogen) atoms. The van der Waals surface area contributed by atoms with Crippen molar-refractivity contribution in [2.75, 3.05) is 7.11 Å². The molecule has 0 aliphatic rings. The quantitative estimate of drug-likeness (QED) is 0.748. The van der Waals surface area contributed by atoms with Crippen LogP contribution < -0.4 is 4.74 Å². The van der Waals surface area contributed by atoms with Gasteiger partial charge in [0.1, 0.15) is 0 Å². The summed E-state index contributed by atoms with van der Waals surface area (Å²) in [7, 11) is 1.57. The lowest BCUT2D eigenvalue weighted by Crippen LogP contribution is -1.91. The van der Waals surface area contributed by atoms with E-state index in [1.807, 2.05) is 6.92 Å². The van der Waals surface area contributed by atoms with E-state index in [1.165, 1.54) is 0 Å². The highest BCUT2D eigenvalue weighted by atomic mass is 79.9. The van der Waals surface area contributed by atoms with Crippen molar-refractivity contribution in [3.05, 3.63) is 21.3 Å². The van der Waals surface area contributed by atoms with E-state index in [4.69, 9.17) is 16.3 Å². The predicted octanol–water partition coefficient (Wildman–Crippen LogP) is 2.81. The van der Waals surface area contributed by atoms with E-state index in [1.54, 1.807) is 13.3 Å². The molecule has 0 N–H and O–H groups in total. The zero-order chi connectivity index (χ0) is 8.43. The van der Waals surface area contributed by atoms with Crippen LogP contribution in [0.25, 0.3) is 0 Å². The molecule has 0 spiro atoms. The molecule has 1 heterocycles. The molecular formula is C7H7BrClNO. The SMILES string of the molecule is COc1ncc(Br)c(Cl)c1C. The molecule has 1 rings (SSSR count). The summed E-state index contributed by atoms with van der Waals surface area (Å²) in [6.07, 6.45) is 1.62. The molecule has 0 aliphatic heterocycles. The van der Waals surface area contributed by atoms with E-state index in [2.05, 4.69) is 20.9 Å². The second kappa shape index (κ2) is 3.41. The topological polar surface area (TPSA) is 22.1 Å². The predicted molar refractivity (Wildman–Crippen MR) is 48.2 cm³/mol. The first-order chi connectivity index (χ1) is 5.16. The molecule has 0 bridgehead atoms. The molecule has 0 saturated heterocycles. The summed E-state index contributed by atoms with van der Waals surface area (Å²) in [6.45, 7) is 1.86. The molecular weight excluding hydrogens is 229 g/mol. The van der Waals surface area contributed by atoms with Crippen molar-refractivity contribution in [2.45, 2.75) is 6.92 Å². The Balaban J connectivity index is 3.25. The van der Waals surface area contributed by atoms with Gasteiger partial charge < -0.3 is 4.74 Å². The average molecular weight is 236 g/mol. The highest BCUT2D eigenvalue weighted by molar-refractivity contribution is 9.10. The summed E-state index contributed by atoms with van der Waals surface area (Å²) >= 11 is 9.15. The number of nitrogens with zero attached hydrogens (tertiary/aromatic N) is 1. The fraction of sp³-hybridized carbons (Fsp3) is 0.286. The first kappa shape index (κ1) is 8.81. The van der Waals surface area contributed by atoms with Crippen molar-refractivity contribution in [3.63, 3.8) is 0 Å². The maximum Gasteiger partial charge on any atom is 0.217 e. The van der Waals surface area contributed by atoms with Gasteiger partial charge in [0.25, 0.3) is 0 Å². The van der Waals surface area contributed by atoms with Gasteiger partial charge in [0, 0.05) is 11.8 Å². The Morgan fingerprint density at radius 2 is 2.27 bits per heavy atom. The van der Waals surface area contributed by atoms with E-state index in [0.717, 1.165) is 10.0 Å². The minimum absolute atomic E-state index is 0.568. The number of halogens is 2. The highest BCUT2D eigenvalue weighted by Gasteiger charge is 2.06. The molecule has 4 heteroatoms. The molecule has 1 aromatic heterocycles. The van der Waals surface area contributed by atoms with Crippen molar-refractivity contribution in [1.82, 2.24) is 4.98 Å². The largest absolute Gasteiger partial charge is 0.481 e. The molecule has 1 aromatic rings. The van der Waals surface area contributed by atoms with Crippen molar-refractivity contribution in [3.8, 4) is 5.88 Å². The normalized spacial score (nSPS) is 9.82. The first-order valence-corrected chi connectivity index (χ1v) is 4.18. The van der Waals surface area contributed by atoms with Gasteiger partial charge in [0.15, 0.2) is 0 Å². The Hall–Kier alpha value is -0.280. The fourth-order valence-electron chi connectivity index (χ4n) is 0.748.